The number of sulfonamides is 1. The molecule has 0 radical (unpaired) electrons. The fourth-order valence-corrected chi connectivity index (χ4v) is 4.99. The Kier molecular flexibility index (Phi) is 7.41. The number of hydrogen-bond donors (Lipinski definition) is 2. The van der Waals surface area contributed by atoms with Crippen molar-refractivity contribution in [2.45, 2.75) is 6.92 Å². The van der Waals surface area contributed by atoms with E-state index in [2.05, 4.69) is 25.6 Å². The molecule has 0 atom stereocenters. The van der Waals surface area contributed by atoms with Gasteiger partial charge in [-0.1, -0.05) is 29.3 Å². The van der Waals surface area contributed by atoms with Crippen molar-refractivity contribution in [2.24, 2.45) is 0 Å². The number of amides is 1. The van der Waals surface area contributed by atoms with Gasteiger partial charge in [-0.3, -0.25) is 4.79 Å². The van der Waals surface area contributed by atoms with Gasteiger partial charge in [-0.2, -0.15) is 9.29 Å². The minimum atomic E-state index is -3.22. The van der Waals surface area contributed by atoms with Gasteiger partial charge in [0.25, 0.3) is 5.91 Å². The monoisotopic (exact) mass is 535 g/mol. The molecule has 1 amide bonds. The van der Waals surface area contributed by atoms with Crippen LogP contribution in [-0.4, -0.2) is 66.0 Å². The standard InChI is InChI=1S/C22H23Cl2N7O3S/c1-14-12-19(29-22(26-14)30-8-10-31(11-9-30)35(2,33)34)28-18-13-15(6-7-25-18)27-21(32)20-16(23)4-3-5-17(20)24/h3-7,12-13H,8-11H2,1-2H3,(H2,25,26,27,28,29,32). The lowest BCUT2D eigenvalue weighted by molar-refractivity contribution is 0.102. The highest BCUT2D eigenvalue weighted by Crippen LogP contribution is 2.26. The van der Waals surface area contributed by atoms with Crippen LogP contribution in [0.4, 0.5) is 23.3 Å². The van der Waals surface area contributed by atoms with Gasteiger partial charge in [0, 0.05) is 55.9 Å². The van der Waals surface area contributed by atoms with Crippen molar-refractivity contribution >= 4 is 62.4 Å². The Hall–Kier alpha value is -2.99. The minimum absolute atomic E-state index is 0.189. The predicted octanol–water partition coefficient (Wildman–Crippen LogP) is 3.56. The fraction of sp³-hybridized carbons (Fsp3) is 0.273. The number of carbonyl (C=O) groups is 1. The van der Waals surface area contributed by atoms with Crippen LogP contribution in [0.2, 0.25) is 10.0 Å². The third-order valence-electron chi connectivity index (χ3n) is 5.30. The second kappa shape index (κ2) is 10.3. The average Bonchev–Trinajstić information content (AvgIpc) is 2.78. The quantitative estimate of drug-likeness (QED) is 0.491. The molecule has 3 aromatic rings. The van der Waals surface area contributed by atoms with Gasteiger partial charge in [0.2, 0.25) is 16.0 Å². The summed E-state index contributed by atoms with van der Waals surface area (Å²) < 4.78 is 25.0. The number of nitrogens with one attached hydrogen (secondary N) is 2. The number of nitrogens with zero attached hydrogens (tertiary/aromatic N) is 5. The number of rotatable bonds is 6. The molecule has 35 heavy (non-hydrogen) atoms. The summed E-state index contributed by atoms with van der Waals surface area (Å²) in [4.78, 5) is 28.0. The molecule has 184 valence electrons. The summed E-state index contributed by atoms with van der Waals surface area (Å²) in [6.07, 6.45) is 2.76. The Morgan fingerprint density at radius 3 is 2.34 bits per heavy atom. The van der Waals surface area contributed by atoms with Crippen LogP contribution in [0.1, 0.15) is 16.1 Å². The lowest BCUT2D eigenvalue weighted by Crippen LogP contribution is -2.48. The van der Waals surface area contributed by atoms with Crippen LogP contribution in [0, 0.1) is 6.92 Å². The first-order chi connectivity index (χ1) is 16.6. The molecule has 1 aliphatic heterocycles. The molecule has 1 aromatic carbocycles. The first kappa shape index (κ1) is 25.1. The van der Waals surface area contributed by atoms with Crippen LogP contribution in [0.25, 0.3) is 0 Å². The molecular formula is C22H23Cl2N7O3S. The van der Waals surface area contributed by atoms with E-state index in [0.717, 1.165) is 5.69 Å². The van der Waals surface area contributed by atoms with Gasteiger partial charge in [0.05, 0.1) is 21.9 Å². The normalized spacial score (nSPS) is 14.6. The third-order valence-corrected chi connectivity index (χ3v) is 7.23. The number of carbonyl (C=O) groups excluding carboxylic acids is 1. The van der Waals surface area contributed by atoms with Gasteiger partial charge in [-0.25, -0.2) is 18.4 Å². The van der Waals surface area contributed by atoms with E-state index in [9.17, 15) is 13.2 Å². The molecule has 1 saturated heterocycles. The van der Waals surface area contributed by atoms with Crippen molar-refractivity contribution in [2.75, 3.05) is 48.0 Å². The van der Waals surface area contributed by atoms with E-state index in [0.29, 0.717) is 49.5 Å². The van der Waals surface area contributed by atoms with Gasteiger partial charge < -0.3 is 15.5 Å². The van der Waals surface area contributed by atoms with Crippen molar-refractivity contribution in [3.63, 3.8) is 0 Å². The SMILES string of the molecule is Cc1cc(Nc2cc(NC(=O)c3c(Cl)cccc3Cl)ccn2)nc(N2CCN(S(C)(=O)=O)CC2)n1. The van der Waals surface area contributed by atoms with Crippen LogP contribution in [0.15, 0.2) is 42.6 Å². The Morgan fingerprint density at radius 1 is 1.00 bits per heavy atom. The smallest absolute Gasteiger partial charge is 0.258 e. The van der Waals surface area contributed by atoms with Crippen molar-refractivity contribution in [3.8, 4) is 0 Å². The highest BCUT2D eigenvalue weighted by atomic mass is 35.5. The Bertz CT molecular complexity index is 1340. The van der Waals surface area contributed by atoms with Gasteiger partial charge in [-0.15, -0.1) is 0 Å². The molecular weight excluding hydrogens is 513 g/mol. The number of aryl methyl sites for hydroxylation is 1. The van der Waals surface area contributed by atoms with E-state index in [-0.39, 0.29) is 15.6 Å². The van der Waals surface area contributed by atoms with Crippen molar-refractivity contribution in [1.82, 2.24) is 19.3 Å². The zero-order chi connectivity index (χ0) is 25.2. The van der Waals surface area contributed by atoms with E-state index in [1.807, 2.05) is 11.8 Å². The number of anilines is 4. The molecule has 13 heteroatoms. The topological polar surface area (TPSA) is 120 Å². The molecule has 4 rings (SSSR count). The summed E-state index contributed by atoms with van der Waals surface area (Å²) in [5.74, 6) is 1.03. The molecule has 2 N–H and O–H groups in total. The predicted molar refractivity (Wildman–Crippen MR) is 137 cm³/mol. The van der Waals surface area contributed by atoms with Crippen molar-refractivity contribution in [1.29, 1.82) is 0 Å². The van der Waals surface area contributed by atoms with Crippen LogP contribution >= 0.6 is 23.2 Å². The van der Waals surface area contributed by atoms with Crippen molar-refractivity contribution < 1.29 is 13.2 Å². The van der Waals surface area contributed by atoms with Crippen LogP contribution in [0.3, 0.4) is 0 Å². The number of halogens is 2. The summed E-state index contributed by atoms with van der Waals surface area (Å²) in [6.45, 7) is 3.57. The van der Waals surface area contributed by atoms with Gasteiger partial charge in [0.1, 0.15) is 11.6 Å². The largest absolute Gasteiger partial charge is 0.338 e. The summed E-state index contributed by atoms with van der Waals surface area (Å²) >= 11 is 12.3. The van der Waals surface area contributed by atoms with Gasteiger partial charge in [-0.05, 0) is 25.1 Å². The highest BCUT2D eigenvalue weighted by molar-refractivity contribution is 7.88. The maximum absolute atomic E-state index is 12.7. The van der Waals surface area contributed by atoms with E-state index in [1.165, 1.54) is 10.6 Å². The van der Waals surface area contributed by atoms with Gasteiger partial charge in [0.15, 0.2) is 0 Å². The maximum atomic E-state index is 12.7. The van der Waals surface area contributed by atoms with Gasteiger partial charge >= 0.3 is 0 Å². The van der Waals surface area contributed by atoms with E-state index >= 15 is 0 Å². The summed E-state index contributed by atoms with van der Waals surface area (Å²) in [6, 6.07) is 9.93. The molecule has 2 aromatic heterocycles. The van der Waals surface area contributed by atoms with E-state index in [1.54, 1.807) is 42.6 Å². The first-order valence-corrected chi connectivity index (χ1v) is 13.2. The molecule has 0 saturated carbocycles. The van der Waals surface area contributed by atoms with Crippen LogP contribution in [-0.2, 0) is 10.0 Å². The zero-order valence-electron chi connectivity index (χ0n) is 19.0. The Balaban J connectivity index is 1.48. The molecule has 3 heterocycles. The molecule has 0 bridgehead atoms. The number of benzene rings is 1. The van der Waals surface area contributed by atoms with E-state index in [4.69, 9.17) is 23.2 Å². The van der Waals surface area contributed by atoms with Crippen molar-refractivity contribution in [3.05, 3.63) is 63.9 Å². The molecule has 0 unspecified atom stereocenters. The lowest BCUT2D eigenvalue weighted by atomic mass is 10.2. The minimum Gasteiger partial charge on any atom is -0.338 e. The number of hydrogen-bond acceptors (Lipinski definition) is 8. The average molecular weight is 536 g/mol. The molecule has 0 aliphatic carbocycles. The van der Waals surface area contributed by atoms with E-state index < -0.39 is 15.9 Å². The van der Waals surface area contributed by atoms with Crippen LogP contribution in [0.5, 0.6) is 0 Å². The second-order valence-electron chi connectivity index (χ2n) is 7.95. The molecule has 1 aliphatic rings. The Morgan fingerprint density at radius 2 is 1.69 bits per heavy atom. The summed E-state index contributed by atoms with van der Waals surface area (Å²) in [5.41, 5.74) is 1.42. The highest BCUT2D eigenvalue weighted by Gasteiger charge is 2.25. The molecule has 10 nitrogen and oxygen atoms in total. The zero-order valence-corrected chi connectivity index (χ0v) is 21.3. The third kappa shape index (κ3) is 6.17. The second-order valence-corrected chi connectivity index (χ2v) is 10.7. The number of piperazine rings is 1. The maximum Gasteiger partial charge on any atom is 0.258 e. The number of pyridine rings is 1. The molecule has 1 fully saturated rings. The summed E-state index contributed by atoms with van der Waals surface area (Å²) in [7, 11) is -3.22. The van der Waals surface area contributed by atoms with Crippen LogP contribution < -0.4 is 15.5 Å². The molecule has 0 spiro atoms. The first-order valence-electron chi connectivity index (χ1n) is 10.6. The Labute approximate surface area is 213 Å². The number of aromatic nitrogens is 3. The fourth-order valence-electron chi connectivity index (χ4n) is 3.59. The lowest BCUT2D eigenvalue weighted by Gasteiger charge is -2.33. The summed E-state index contributed by atoms with van der Waals surface area (Å²) in [5, 5.41) is 6.42.